The number of carbonyl (C=O) groups is 1. The number of carbonyl (C=O) groups excluding carboxylic acids is 1. The first-order valence-electron chi connectivity index (χ1n) is 3.72. The number of aliphatic hydroxyl groups excluding tert-OH is 1. The summed E-state index contributed by atoms with van der Waals surface area (Å²) in [5, 5.41) is 19.7. The van der Waals surface area contributed by atoms with Crippen molar-refractivity contribution in [1.82, 2.24) is 10.4 Å². The minimum atomic E-state index is -4.18. The maximum atomic E-state index is 10.8. The highest BCUT2D eigenvalue weighted by Gasteiger charge is 2.14. The van der Waals surface area contributed by atoms with Crippen molar-refractivity contribution in [1.29, 1.82) is 0 Å². The Morgan fingerprint density at radius 2 is 2.00 bits per heavy atom. The summed E-state index contributed by atoms with van der Waals surface area (Å²) in [7, 11) is -4.18. The zero-order valence-corrected chi connectivity index (χ0v) is 8.22. The Kier molecular flexibility index (Phi) is 5.86. The molecule has 84 valence electrons. The summed E-state index contributed by atoms with van der Waals surface area (Å²) in [6.45, 7) is -0.793. The van der Waals surface area contributed by atoms with Crippen molar-refractivity contribution >= 4 is 13.5 Å². The Morgan fingerprint density at radius 1 is 1.43 bits per heavy atom. The zero-order chi connectivity index (χ0) is 11.2. The molecule has 14 heavy (non-hydrogen) atoms. The Balaban J connectivity index is 3.69. The molecule has 0 aromatic heterocycles. The molecule has 0 spiro atoms. The third kappa shape index (κ3) is 6.96. The monoisotopic (exact) mass is 228 g/mol. The standard InChI is InChI=1S/C5H13N2O6P/c8-2-1-5(9)7(10)3-6-4-14(11,12)13/h6,8,10H,1-4H2,(H2,11,12,13). The number of nitrogens with one attached hydrogen (secondary N) is 1. The van der Waals surface area contributed by atoms with Crippen molar-refractivity contribution in [3.05, 3.63) is 0 Å². The Bertz CT molecular complexity index is 228. The molecule has 0 radical (unpaired) electrons. The zero-order valence-electron chi connectivity index (χ0n) is 7.33. The van der Waals surface area contributed by atoms with E-state index in [2.05, 4.69) is 5.32 Å². The largest absolute Gasteiger partial charge is 0.396 e. The molecule has 8 nitrogen and oxygen atoms in total. The summed E-state index contributed by atoms with van der Waals surface area (Å²) < 4.78 is 10.3. The van der Waals surface area contributed by atoms with Gasteiger partial charge in [-0.2, -0.15) is 0 Å². The molecule has 0 heterocycles. The molecule has 5 N–H and O–H groups in total. The minimum Gasteiger partial charge on any atom is -0.396 e. The van der Waals surface area contributed by atoms with E-state index in [0.29, 0.717) is 0 Å². The molecule has 0 atom stereocenters. The number of aliphatic hydroxyl groups is 1. The number of rotatable bonds is 6. The predicted octanol–water partition coefficient (Wildman–Crippen LogP) is -1.73. The maximum Gasteiger partial charge on any atom is 0.339 e. The molecule has 0 fully saturated rings. The van der Waals surface area contributed by atoms with Crippen LogP contribution in [0.3, 0.4) is 0 Å². The van der Waals surface area contributed by atoms with E-state index in [4.69, 9.17) is 20.1 Å². The second-order valence-electron chi connectivity index (χ2n) is 2.50. The van der Waals surface area contributed by atoms with Gasteiger partial charge in [0.2, 0.25) is 5.91 Å². The van der Waals surface area contributed by atoms with Crippen LogP contribution in [-0.4, -0.2) is 50.6 Å². The lowest BCUT2D eigenvalue weighted by atomic mass is 10.4. The van der Waals surface area contributed by atoms with Gasteiger partial charge in [0.05, 0.1) is 19.7 Å². The lowest BCUT2D eigenvalue weighted by Crippen LogP contribution is -2.37. The third-order valence-electron chi connectivity index (χ3n) is 1.19. The lowest BCUT2D eigenvalue weighted by molar-refractivity contribution is -0.167. The summed E-state index contributed by atoms with van der Waals surface area (Å²) in [4.78, 5) is 27.6. The first-order valence-corrected chi connectivity index (χ1v) is 5.52. The molecule has 0 unspecified atom stereocenters. The number of nitrogens with zero attached hydrogens (tertiary/aromatic N) is 1. The number of amides is 1. The van der Waals surface area contributed by atoms with E-state index in [1.807, 2.05) is 0 Å². The van der Waals surface area contributed by atoms with E-state index in [1.54, 1.807) is 0 Å². The van der Waals surface area contributed by atoms with E-state index >= 15 is 0 Å². The number of hydrogen-bond donors (Lipinski definition) is 5. The van der Waals surface area contributed by atoms with E-state index in [1.165, 1.54) is 0 Å². The summed E-state index contributed by atoms with van der Waals surface area (Å²) in [6, 6.07) is 0. The SMILES string of the molecule is O=C(CCO)N(O)CNCP(=O)(O)O. The normalized spacial score (nSPS) is 11.4. The van der Waals surface area contributed by atoms with E-state index in [-0.39, 0.29) is 11.5 Å². The fourth-order valence-electron chi connectivity index (χ4n) is 0.614. The summed E-state index contributed by atoms with van der Waals surface area (Å²) in [6.07, 6.45) is -0.870. The van der Waals surface area contributed by atoms with Gasteiger partial charge in [-0.25, -0.2) is 5.06 Å². The van der Waals surface area contributed by atoms with Gasteiger partial charge in [0.15, 0.2) is 0 Å². The van der Waals surface area contributed by atoms with Crippen LogP contribution in [0.1, 0.15) is 6.42 Å². The molecular weight excluding hydrogens is 215 g/mol. The Hall–Kier alpha value is -0.500. The van der Waals surface area contributed by atoms with Gasteiger partial charge in [0, 0.05) is 0 Å². The van der Waals surface area contributed by atoms with Crippen LogP contribution < -0.4 is 5.32 Å². The van der Waals surface area contributed by atoms with Crippen LogP contribution in [-0.2, 0) is 9.36 Å². The average Bonchev–Trinajstić information content (AvgIpc) is 2.02. The highest BCUT2D eigenvalue weighted by Crippen LogP contribution is 2.31. The molecule has 0 saturated carbocycles. The van der Waals surface area contributed by atoms with E-state index < -0.39 is 33.1 Å². The van der Waals surface area contributed by atoms with Crippen LogP contribution in [0.2, 0.25) is 0 Å². The van der Waals surface area contributed by atoms with Crippen molar-refractivity contribution in [2.24, 2.45) is 0 Å². The van der Waals surface area contributed by atoms with Crippen molar-refractivity contribution in [3.63, 3.8) is 0 Å². The molecule has 0 aliphatic carbocycles. The second-order valence-corrected chi connectivity index (χ2v) is 4.14. The van der Waals surface area contributed by atoms with Gasteiger partial charge in [-0.1, -0.05) is 0 Å². The van der Waals surface area contributed by atoms with E-state index in [0.717, 1.165) is 0 Å². The van der Waals surface area contributed by atoms with Crippen molar-refractivity contribution in [3.8, 4) is 0 Å². The molecule has 0 rings (SSSR count). The van der Waals surface area contributed by atoms with Crippen molar-refractivity contribution in [2.75, 3.05) is 19.6 Å². The Labute approximate surface area is 80.3 Å². The highest BCUT2D eigenvalue weighted by molar-refractivity contribution is 7.51. The van der Waals surface area contributed by atoms with Gasteiger partial charge in [0.1, 0.15) is 6.29 Å². The van der Waals surface area contributed by atoms with Crippen LogP contribution in [0.4, 0.5) is 0 Å². The van der Waals surface area contributed by atoms with Crippen LogP contribution >= 0.6 is 7.60 Å². The molecule has 0 bridgehead atoms. The van der Waals surface area contributed by atoms with Gasteiger partial charge in [-0.05, 0) is 0 Å². The molecular formula is C5H13N2O6P. The first kappa shape index (κ1) is 13.5. The minimum absolute atomic E-state index is 0.242. The number of hydrogen-bond acceptors (Lipinski definition) is 5. The van der Waals surface area contributed by atoms with Crippen molar-refractivity contribution in [2.45, 2.75) is 6.42 Å². The van der Waals surface area contributed by atoms with E-state index in [9.17, 15) is 9.36 Å². The van der Waals surface area contributed by atoms with Crippen LogP contribution in [0.15, 0.2) is 0 Å². The molecule has 0 saturated heterocycles. The predicted molar refractivity (Wildman–Crippen MR) is 45.2 cm³/mol. The van der Waals surface area contributed by atoms with Crippen LogP contribution in [0, 0.1) is 0 Å². The highest BCUT2D eigenvalue weighted by atomic mass is 31.2. The second kappa shape index (κ2) is 6.07. The molecule has 0 aliphatic rings. The summed E-state index contributed by atoms with van der Waals surface area (Å²) >= 11 is 0. The number of hydroxylamine groups is 2. The molecule has 0 aliphatic heterocycles. The lowest BCUT2D eigenvalue weighted by Gasteiger charge is -2.15. The molecule has 1 amide bonds. The maximum absolute atomic E-state index is 10.8. The molecule has 9 heteroatoms. The van der Waals surface area contributed by atoms with Gasteiger partial charge >= 0.3 is 7.60 Å². The fraction of sp³-hybridized carbons (Fsp3) is 0.800. The van der Waals surface area contributed by atoms with Gasteiger partial charge in [-0.3, -0.25) is 19.9 Å². The smallest absolute Gasteiger partial charge is 0.339 e. The third-order valence-corrected chi connectivity index (χ3v) is 1.83. The van der Waals surface area contributed by atoms with Crippen LogP contribution in [0.25, 0.3) is 0 Å². The quantitative estimate of drug-likeness (QED) is 0.158. The summed E-state index contributed by atoms with van der Waals surface area (Å²) in [5.74, 6) is -0.731. The topological polar surface area (TPSA) is 130 Å². The molecule has 0 aromatic rings. The van der Waals surface area contributed by atoms with Crippen LogP contribution in [0.5, 0.6) is 0 Å². The first-order chi connectivity index (χ1) is 6.37. The Morgan fingerprint density at radius 3 is 2.43 bits per heavy atom. The fourth-order valence-corrected chi connectivity index (χ4v) is 1.01. The van der Waals surface area contributed by atoms with Gasteiger partial charge in [-0.15, -0.1) is 0 Å². The van der Waals surface area contributed by atoms with Crippen molar-refractivity contribution < 1.29 is 29.5 Å². The average molecular weight is 228 g/mol. The molecule has 0 aromatic carbocycles. The van der Waals surface area contributed by atoms with Gasteiger partial charge in [0.25, 0.3) is 0 Å². The summed E-state index contributed by atoms with van der Waals surface area (Å²) in [5.41, 5.74) is 0. The van der Waals surface area contributed by atoms with Gasteiger partial charge < -0.3 is 14.9 Å².